The fourth-order valence-electron chi connectivity index (χ4n) is 2.66. The Balaban J connectivity index is 1.90. The molecule has 0 aliphatic heterocycles. The lowest BCUT2D eigenvalue weighted by Crippen LogP contribution is -2.58. The third-order valence-corrected chi connectivity index (χ3v) is 4.17. The standard InChI is InChI=1S/C17H27NO/c1-12(2)11-19-16-10-15(17(16,4)5)18-14-8-6-7-13(3)9-14/h6-9,12,15-16,18H,10-11H2,1-5H3. The lowest BCUT2D eigenvalue weighted by molar-refractivity contribution is -0.108. The van der Waals surface area contributed by atoms with Crippen molar-refractivity contribution in [2.24, 2.45) is 11.3 Å². The SMILES string of the molecule is Cc1cccc(NC2CC(OCC(C)C)C2(C)C)c1. The van der Waals surface area contributed by atoms with Crippen molar-refractivity contribution in [3.8, 4) is 0 Å². The minimum Gasteiger partial charge on any atom is -0.382 e. The molecule has 0 radical (unpaired) electrons. The second kappa shape index (κ2) is 5.54. The first kappa shape index (κ1) is 14.4. The van der Waals surface area contributed by atoms with E-state index in [1.807, 2.05) is 0 Å². The molecule has 0 heterocycles. The molecule has 1 aromatic rings. The molecule has 0 aromatic heterocycles. The summed E-state index contributed by atoms with van der Waals surface area (Å²) in [6.45, 7) is 12.0. The number of benzene rings is 1. The van der Waals surface area contributed by atoms with Crippen LogP contribution in [0.3, 0.4) is 0 Å². The quantitative estimate of drug-likeness (QED) is 0.855. The Bertz CT molecular complexity index is 425. The first-order valence-electron chi connectivity index (χ1n) is 7.34. The predicted octanol–water partition coefficient (Wildman–Crippen LogP) is 4.25. The van der Waals surface area contributed by atoms with Crippen LogP contribution in [0.25, 0.3) is 0 Å². The number of rotatable bonds is 5. The van der Waals surface area contributed by atoms with E-state index in [2.05, 4.69) is 64.2 Å². The lowest BCUT2D eigenvalue weighted by atomic mass is 9.64. The summed E-state index contributed by atoms with van der Waals surface area (Å²) in [6.07, 6.45) is 1.49. The molecule has 2 heteroatoms. The maximum absolute atomic E-state index is 6.01. The number of hydrogen-bond acceptors (Lipinski definition) is 2. The minimum absolute atomic E-state index is 0.207. The van der Waals surface area contributed by atoms with Crippen LogP contribution in [-0.2, 0) is 4.74 Å². The van der Waals surface area contributed by atoms with Crippen LogP contribution in [0.2, 0.25) is 0 Å². The van der Waals surface area contributed by atoms with Crippen molar-refractivity contribution >= 4 is 5.69 Å². The highest BCUT2D eigenvalue weighted by Crippen LogP contribution is 2.44. The van der Waals surface area contributed by atoms with E-state index >= 15 is 0 Å². The second-order valence-electron chi connectivity index (χ2n) is 6.84. The van der Waals surface area contributed by atoms with Gasteiger partial charge in [0.25, 0.3) is 0 Å². The van der Waals surface area contributed by atoms with Crippen molar-refractivity contribution in [2.45, 2.75) is 53.2 Å². The summed E-state index contributed by atoms with van der Waals surface area (Å²) in [5, 5.41) is 3.65. The van der Waals surface area contributed by atoms with Gasteiger partial charge < -0.3 is 10.1 Å². The highest BCUT2D eigenvalue weighted by Gasteiger charge is 2.49. The zero-order valence-electron chi connectivity index (χ0n) is 12.9. The average molecular weight is 261 g/mol. The fraction of sp³-hybridized carbons (Fsp3) is 0.647. The first-order chi connectivity index (χ1) is 8.89. The number of nitrogens with one attached hydrogen (secondary N) is 1. The van der Waals surface area contributed by atoms with Crippen LogP contribution in [0.4, 0.5) is 5.69 Å². The molecule has 1 fully saturated rings. The molecule has 2 unspecified atom stereocenters. The van der Waals surface area contributed by atoms with E-state index in [9.17, 15) is 0 Å². The normalized spacial score (nSPS) is 25.2. The first-order valence-corrected chi connectivity index (χ1v) is 7.34. The molecule has 1 aromatic carbocycles. The highest BCUT2D eigenvalue weighted by molar-refractivity contribution is 5.47. The van der Waals surface area contributed by atoms with Crippen LogP contribution < -0.4 is 5.32 Å². The van der Waals surface area contributed by atoms with Crippen molar-refractivity contribution in [3.05, 3.63) is 29.8 Å². The van der Waals surface area contributed by atoms with E-state index in [1.165, 1.54) is 11.3 Å². The van der Waals surface area contributed by atoms with Gasteiger partial charge in [-0.3, -0.25) is 0 Å². The Hall–Kier alpha value is -1.02. The van der Waals surface area contributed by atoms with Gasteiger partial charge in [-0.1, -0.05) is 39.8 Å². The Kier molecular flexibility index (Phi) is 4.19. The topological polar surface area (TPSA) is 21.3 Å². The summed E-state index contributed by atoms with van der Waals surface area (Å²) in [5.41, 5.74) is 2.73. The van der Waals surface area contributed by atoms with Gasteiger partial charge in [0.2, 0.25) is 0 Å². The largest absolute Gasteiger partial charge is 0.382 e. The third-order valence-electron chi connectivity index (χ3n) is 4.17. The van der Waals surface area contributed by atoms with Crippen molar-refractivity contribution in [1.29, 1.82) is 0 Å². The molecule has 0 spiro atoms. The zero-order valence-corrected chi connectivity index (χ0v) is 12.9. The van der Waals surface area contributed by atoms with Crippen molar-refractivity contribution in [2.75, 3.05) is 11.9 Å². The summed E-state index contributed by atoms with van der Waals surface area (Å²) in [7, 11) is 0. The van der Waals surface area contributed by atoms with E-state index in [-0.39, 0.29) is 5.41 Å². The van der Waals surface area contributed by atoms with Gasteiger partial charge in [-0.25, -0.2) is 0 Å². The summed E-state index contributed by atoms with van der Waals surface area (Å²) < 4.78 is 6.01. The zero-order chi connectivity index (χ0) is 14.0. The van der Waals surface area contributed by atoms with Crippen molar-refractivity contribution < 1.29 is 4.74 Å². The Labute approximate surface area is 117 Å². The van der Waals surface area contributed by atoms with E-state index in [4.69, 9.17) is 4.74 Å². The Morgan fingerprint density at radius 3 is 2.68 bits per heavy atom. The Morgan fingerprint density at radius 2 is 2.11 bits per heavy atom. The average Bonchev–Trinajstić information content (AvgIpc) is 2.32. The van der Waals surface area contributed by atoms with Gasteiger partial charge in [0.05, 0.1) is 6.10 Å². The summed E-state index contributed by atoms with van der Waals surface area (Å²) in [6, 6.07) is 9.09. The van der Waals surface area contributed by atoms with E-state index in [1.54, 1.807) is 0 Å². The molecular weight excluding hydrogens is 234 g/mol. The van der Waals surface area contributed by atoms with Crippen LogP contribution in [0.5, 0.6) is 0 Å². The molecule has 2 rings (SSSR count). The molecule has 0 amide bonds. The van der Waals surface area contributed by atoms with Crippen LogP contribution in [0.15, 0.2) is 24.3 Å². The van der Waals surface area contributed by atoms with E-state index in [0.29, 0.717) is 18.1 Å². The van der Waals surface area contributed by atoms with Crippen LogP contribution >= 0.6 is 0 Å². The molecule has 1 aliphatic rings. The molecule has 1 N–H and O–H groups in total. The number of ether oxygens (including phenoxy) is 1. The summed E-state index contributed by atoms with van der Waals surface area (Å²) in [4.78, 5) is 0. The molecule has 2 nitrogen and oxygen atoms in total. The van der Waals surface area contributed by atoms with Gasteiger partial charge >= 0.3 is 0 Å². The minimum atomic E-state index is 0.207. The van der Waals surface area contributed by atoms with Gasteiger partial charge in [-0.2, -0.15) is 0 Å². The third kappa shape index (κ3) is 3.30. The second-order valence-corrected chi connectivity index (χ2v) is 6.84. The molecule has 0 saturated heterocycles. The van der Waals surface area contributed by atoms with Crippen LogP contribution in [-0.4, -0.2) is 18.8 Å². The molecule has 106 valence electrons. The number of hydrogen-bond donors (Lipinski definition) is 1. The smallest absolute Gasteiger partial charge is 0.0665 e. The van der Waals surface area contributed by atoms with Crippen LogP contribution in [0.1, 0.15) is 39.7 Å². The van der Waals surface area contributed by atoms with Crippen molar-refractivity contribution in [3.63, 3.8) is 0 Å². The molecular formula is C17H27NO. The van der Waals surface area contributed by atoms with Crippen molar-refractivity contribution in [1.82, 2.24) is 0 Å². The molecule has 1 aliphatic carbocycles. The lowest BCUT2D eigenvalue weighted by Gasteiger charge is -2.52. The van der Waals surface area contributed by atoms with Crippen LogP contribution in [0, 0.1) is 18.3 Å². The predicted molar refractivity (Wildman–Crippen MR) is 81.6 cm³/mol. The Morgan fingerprint density at radius 1 is 1.37 bits per heavy atom. The van der Waals surface area contributed by atoms with Gasteiger partial charge in [0, 0.05) is 23.8 Å². The maximum Gasteiger partial charge on any atom is 0.0665 e. The monoisotopic (exact) mass is 261 g/mol. The summed E-state index contributed by atoms with van der Waals surface area (Å²) >= 11 is 0. The van der Waals surface area contributed by atoms with Gasteiger partial charge in [-0.05, 0) is 37.0 Å². The summed E-state index contributed by atoms with van der Waals surface area (Å²) in [5.74, 6) is 0.611. The number of aryl methyl sites for hydroxylation is 1. The van der Waals surface area contributed by atoms with E-state index in [0.717, 1.165) is 13.0 Å². The van der Waals surface area contributed by atoms with E-state index < -0.39 is 0 Å². The molecule has 0 bridgehead atoms. The fourth-order valence-corrected chi connectivity index (χ4v) is 2.66. The van der Waals surface area contributed by atoms with Gasteiger partial charge in [-0.15, -0.1) is 0 Å². The van der Waals surface area contributed by atoms with Gasteiger partial charge in [0.1, 0.15) is 0 Å². The molecule has 1 saturated carbocycles. The van der Waals surface area contributed by atoms with Gasteiger partial charge in [0.15, 0.2) is 0 Å². The number of anilines is 1. The molecule has 19 heavy (non-hydrogen) atoms. The maximum atomic E-state index is 6.01. The highest BCUT2D eigenvalue weighted by atomic mass is 16.5. The molecule has 2 atom stereocenters.